The van der Waals surface area contributed by atoms with Gasteiger partial charge in [-0.15, -0.1) is 0 Å². The van der Waals surface area contributed by atoms with E-state index in [1.165, 1.54) is 19.3 Å². The quantitative estimate of drug-likeness (QED) is 0.876. The molecule has 0 spiro atoms. The Bertz CT molecular complexity index is 530. The minimum absolute atomic E-state index is 0.581. The number of hydrogen-bond donors (Lipinski definition) is 1. The predicted octanol–water partition coefficient (Wildman–Crippen LogP) is 3.36. The van der Waals surface area contributed by atoms with Gasteiger partial charge in [0.2, 0.25) is 0 Å². The molecule has 2 N–H and O–H groups in total. The minimum atomic E-state index is 0.581. The van der Waals surface area contributed by atoms with Gasteiger partial charge in [-0.25, -0.2) is 4.68 Å². The number of anilines is 1. The van der Waals surface area contributed by atoms with Crippen LogP contribution in [0.1, 0.15) is 37.8 Å². The van der Waals surface area contributed by atoms with Crippen molar-refractivity contribution in [2.75, 3.05) is 5.73 Å². The van der Waals surface area contributed by atoms with Gasteiger partial charge in [0.1, 0.15) is 5.82 Å². The molecule has 3 rings (SSSR count). The molecule has 18 heavy (non-hydrogen) atoms. The van der Waals surface area contributed by atoms with E-state index in [-0.39, 0.29) is 0 Å². The van der Waals surface area contributed by atoms with E-state index in [1.807, 2.05) is 41.1 Å². The zero-order valence-electron chi connectivity index (χ0n) is 10.7. The molecular weight excluding hydrogens is 222 g/mol. The average molecular weight is 241 g/mol. The Balaban J connectivity index is 1.96. The highest BCUT2D eigenvalue weighted by Crippen LogP contribution is 2.39. The highest BCUT2D eigenvalue weighted by Gasteiger charge is 2.27. The maximum atomic E-state index is 6.09. The molecule has 2 aromatic rings. The molecule has 1 aromatic carbocycles. The van der Waals surface area contributed by atoms with Crippen LogP contribution in [0.5, 0.6) is 0 Å². The third-order valence-electron chi connectivity index (χ3n) is 4.00. The highest BCUT2D eigenvalue weighted by molar-refractivity contribution is 5.43. The Morgan fingerprint density at radius 1 is 1.22 bits per heavy atom. The van der Waals surface area contributed by atoms with E-state index in [0.717, 1.165) is 23.1 Å². The lowest BCUT2D eigenvalue weighted by Crippen LogP contribution is -2.05. The molecular formula is C15H19N3. The lowest BCUT2D eigenvalue weighted by molar-refractivity contribution is 0.518. The van der Waals surface area contributed by atoms with E-state index in [1.54, 1.807) is 0 Å². The minimum Gasteiger partial charge on any atom is -0.384 e. The first kappa shape index (κ1) is 11.3. The lowest BCUT2D eigenvalue weighted by Gasteiger charge is -2.11. The number of para-hydroxylation sites is 1. The standard InChI is InChI=1S/C15H19N3/c1-11-6-5-9-13(11)14-10-15(16)18(17-14)12-7-3-2-4-8-12/h2-4,7-8,10-11,13H,5-6,9,16H2,1H3. The van der Waals surface area contributed by atoms with Crippen molar-refractivity contribution >= 4 is 5.82 Å². The predicted molar refractivity (Wildman–Crippen MR) is 73.7 cm³/mol. The topological polar surface area (TPSA) is 43.8 Å². The van der Waals surface area contributed by atoms with Gasteiger partial charge in [0, 0.05) is 12.0 Å². The maximum absolute atomic E-state index is 6.09. The Labute approximate surface area is 108 Å². The van der Waals surface area contributed by atoms with Crippen LogP contribution in [0.3, 0.4) is 0 Å². The van der Waals surface area contributed by atoms with Crippen molar-refractivity contribution in [3.8, 4) is 5.69 Å². The summed E-state index contributed by atoms with van der Waals surface area (Å²) in [4.78, 5) is 0. The van der Waals surface area contributed by atoms with Crippen molar-refractivity contribution in [3.63, 3.8) is 0 Å². The second-order valence-electron chi connectivity index (χ2n) is 5.26. The van der Waals surface area contributed by atoms with Crippen molar-refractivity contribution in [2.24, 2.45) is 5.92 Å². The van der Waals surface area contributed by atoms with Crippen LogP contribution in [0.4, 0.5) is 5.82 Å². The molecule has 0 bridgehead atoms. The highest BCUT2D eigenvalue weighted by atomic mass is 15.3. The third kappa shape index (κ3) is 1.90. The fourth-order valence-electron chi connectivity index (χ4n) is 2.96. The van der Waals surface area contributed by atoms with Crippen LogP contribution in [0.2, 0.25) is 0 Å². The molecule has 0 aliphatic heterocycles. The molecule has 1 aliphatic rings. The molecule has 94 valence electrons. The molecule has 1 heterocycles. The first-order valence-electron chi connectivity index (χ1n) is 6.66. The van der Waals surface area contributed by atoms with Crippen LogP contribution < -0.4 is 5.73 Å². The van der Waals surface area contributed by atoms with Crippen LogP contribution in [0.25, 0.3) is 5.69 Å². The monoisotopic (exact) mass is 241 g/mol. The smallest absolute Gasteiger partial charge is 0.127 e. The lowest BCUT2D eigenvalue weighted by atomic mass is 9.95. The molecule has 0 amide bonds. The first-order chi connectivity index (χ1) is 8.75. The van der Waals surface area contributed by atoms with Gasteiger partial charge in [0.05, 0.1) is 11.4 Å². The Hall–Kier alpha value is -1.77. The molecule has 3 heteroatoms. The van der Waals surface area contributed by atoms with Crippen molar-refractivity contribution in [1.82, 2.24) is 9.78 Å². The van der Waals surface area contributed by atoms with Crippen molar-refractivity contribution in [3.05, 3.63) is 42.1 Å². The molecule has 3 nitrogen and oxygen atoms in total. The number of hydrogen-bond acceptors (Lipinski definition) is 2. The molecule has 1 fully saturated rings. The van der Waals surface area contributed by atoms with Crippen LogP contribution in [0, 0.1) is 5.92 Å². The van der Waals surface area contributed by atoms with Gasteiger partial charge in [-0.3, -0.25) is 0 Å². The van der Waals surface area contributed by atoms with E-state index in [2.05, 4.69) is 6.92 Å². The summed E-state index contributed by atoms with van der Waals surface area (Å²) in [6, 6.07) is 12.1. The Morgan fingerprint density at radius 2 is 2.00 bits per heavy atom. The molecule has 1 aromatic heterocycles. The SMILES string of the molecule is CC1CCCC1c1cc(N)n(-c2ccccc2)n1. The summed E-state index contributed by atoms with van der Waals surface area (Å²) in [6.07, 6.45) is 3.86. The number of rotatable bonds is 2. The average Bonchev–Trinajstić information content (AvgIpc) is 2.96. The van der Waals surface area contributed by atoms with Crippen LogP contribution in [0.15, 0.2) is 36.4 Å². The van der Waals surface area contributed by atoms with Gasteiger partial charge in [-0.2, -0.15) is 5.10 Å². The third-order valence-corrected chi connectivity index (χ3v) is 4.00. The summed E-state index contributed by atoms with van der Waals surface area (Å²) in [5.74, 6) is 2.04. The summed E-state index contributed by atoms with van der Waals surface area (Å²) >= 11 is 0. The molecule has 0 radical (unpaired) electrons. The largest absolute Gasteiger partial charge is 0.384 e. The fraction of sp³-hybridized carbons (Fsp3) is 0.400. The normalized spacial score (nSPS) is 23.4. The molecule has 2 atom stereocenters. The van der Waals surface area contributed by atoms with Crippen molar-refractivity contribution in [2.45, 2.75) is 32.1 Å². The van der Waals surface area contributed by atoms with Gasteiger partial charge >= 0.3 is 0 Å². The van der Waals surface area contributed by atoms with E-state index in [9.17, 15) is 0 Å². The zero-order chi connectivity index (χ0) is 12.5. The maximum Gasteiger partial charge on any atom is 0.127 e. The van der Waals surface area contributed by atoms with Gasteiger partial charge in [0.25, 0.3) is 0 Å². The zero-order valence-corrected chi connectivity index (χ0v) is 10.7. The summed E-state index contributed by atoms with van der Waals surface area (Å²) < 4.78 is 1.85. The summed E-state index contributed by atoms with van der Waals surface area (Å²) in [6.45, 7) is 2.31. The Morgan fingerprint density at radius 3 is 2.67 bits per heavy atom. The summed E-state index contributed by atoms with van der Waals surface area (Å²) in [7, 11) is 0. The second-order valence-corrected chi connectivity index (χ2v) is 5.26. The number of benzene rings is 1. The van der Waals surface area contributed by atoms with Gasteiger partial charge in [0.15, 0.2) is 0 Å². The fourth-order valence-corrected chi connectivity index (χ4v) is 2.96. The van der Waals surface area contributed by atoms with E-state index < -0.39 is 0 Å². The summed E-state index contributed by atoms with van der Waals surface area (Å²) in [5.41, 5.74) is 8.28. The number of nitrogens with two attached hydrogens (primary N) is 1. The van der Waals surface area contributed by atoms with Crippen LogP contribution in [-0.2, 0) is 0 Å². The van der Waals surface area contributed by atoms with Gasteiger partial charge in [-0.1, -0.05) is 38.0 Å². The molecule has 1 aliphatic carbocycles. The summed E-state index contributed by atoms with van der Waals surface area (Å²) in [5, 5.41) is 4.70. The van der Waals surface area contributed by atoms with Gasteiger partial charge in [-0.05, 0) is 24.5 Å². The van der Waals surface area contributed by atoms with Crippen molar-refractivity contribution < 1.29 is 0 Å². The van der Waals surface area contributed by atoms with Crippen LogP contribution in [-0.4, -0.2) is 9.78 Å². The van der Waals surface area contributed by atoms with E-state index >= 15 is 0 Å². The number of nitrogens with zero attached hydrogens (tertiary/aromatic N) is 2. The van der Waals surface area contributed by atoms with E-state index in [0.29, 0.717) is 5.92 Å². The first-order valence-corrected chi connectivity index (χ1v) is 6.66. The van der Waals surface area contributed by atoms with Gasteiger partial charge < -0.3 is 5.73 Å². The molecule has 1 saturated carbocycles. The Kier molecular flexibility index (Phi) is 2.82. The number of nitrogen functional groups attached to an aromatic ring is 1. The number of aromatic nitrogens is 2. The van der Waals surface area contributed by atoms with Crippen LogP contribution >= 0.6 is 0 Å². The van der Waals surface area contributed by atoms with E-state index in [4.69, 9.17) is 10.8 Å². The molecule has 0 saturated heterocycles. The second kappa shape index (κ2) is 4.48. The van der Waals surface area contributed by atoms with Crippen molar-refractivity contribution in [1.29, 1.82) is 0 Å². The molecule has 2 unspecified atom stereocenters.